The van der Waals surface area contributed by atoms with Gasteiger partial charge in [0, 0.05) is 43.6 Å². The molecule has 0 bridgehead atoms. The lowest BCUT2D eigenvalue weighted by molar-refractivity contribution is -0.142. The average molecular weight is 338 g/mol. The molecular weight excluding hydrogens is 316 g/mol. The van der Waals surface area contributed by atoms with E-state index in [1.54, 1.807) is 17.8 Å². The van der Waals surface area contributed by atoms with E-state index < -0.39 is 6.10 Å². The number of hydrogen-bond acceptors (Lipinski definition) is 7. The molecule has 1 N–H and O–H groups in total. The highest BCUT2D eigenvalue weighted by Crippen LogP contribution is 2.42. The molecule has 1 atom stereocenters. The summed E-state index contributed by atoms with van der Waals surface area (Å²) < 4.78 is 10.8. The van der Waals surface area contributed by atoms with Gasteiger partial charge < -0.3 is 19.7 Å². The number of fused-ring (bicyclic) bond motifs is 1. The van der Waals surface area contributed by atoms with E-state index >= 15 is 0 Å². The molecule has 126 valence electrons. The Kier molecular flexibility index (Phi) is 5.08. The molecule has 0 spiro atoms. The summed E-state index contributed by atoms with van der Waals surface area (Å²) in [6, 6.07) is 0. The molecule has 3 aliphatic heterocycles. The van der Waals surface area contributed by atoms with E-state index in [1.807, 2.05) is 13.8 Å². The van der Waals surface area contributed by atoms with E-state index in [1.165, 1.54) is 0 Å². The number of ether oxygens (including phenoxy) is 2. The summed E-state index contributed by atoms with van der Waals surface area (Å²) in [5.74, 6) is 0.462. The molecule has 0 aromatic rings. The van der Waals surface area contributed by atoms with Gasteiger partial charge in [0.25, 0.3) is 0 Å². The second-order valence-electron chi connectivity index (χ2n) is 6.03. The zero-order valence-corrected chi connectivity index (χ0v) is 14.3. The van der Waals surface area contributed by atoms with Crippen LogP contribution in [0.4, 0.5) is 0 Å². The van der Waals surface area contributed by atoms with Gasteiger partial charge >= 0.3 is 5.97 Å². The molecule has 0 radical (unpaired) electrons. The van der Waals surface area contributed by atoms with Crippen molar-refractivity contribution in [2.45, 2.75) is 32.5 Å². The first kappa shape index (κ1) is 16.5. The fraction of sp³-hybridized carbons (Fsp3) is 0.625. The Hall–Kier alpha value is -1.31. The van der Waals surface area contributed by atoms with Crippen LogP contribution < -0.4 is 5.32 Å². The smallest absolute Gasteiger partial charge is 0.336 e. The third kappa shape index (κ3) is 3.62. The highest BCUT2D eigenvalue weighted by atomic mass is 32.2. The van der Waals surface area contributed by atoms with Crippen molar-refractivity contribution in [3.63, 3.8) is 0 Å². The summed E-state index contributed by atoms with van der Waals surface area (Å²) in [4.78, 5) is 26.5. The third-order valence-electron chi connectivity index (χ3n) is 3.94. The van der Waals surface area contributed by atoms with Gasteiger partial charge in [0.1, 0.15) is 6.10 Å². The molecule has 0 aromatic carbocycles. The van der Waals surface area contributed by atoms with Crippen molar-refractivity contribution in [3.8, 4) is 0 Å². The van der Waals surface area contributed by atoms with Gasteiger partial charge in [-0.2, -0.15) is 0 Å². The van der Waals surface area contributed by atoms with Gasteiger partial charge in [0.05, 0.1) is 23.3 Å². The zero-order valence-electron chi connectivity index (χ0n) is 13.5. The van der Waals surface area contributed by atoms with Gasteiger partial charge in [-0.3, -0.25) is 4.79 Å². The number of morpholine rings is 1. The lowest BCUT2D eigenvalue weighted by Gasteiger charge is -2.22. The lowest BCUT2D eigenvalue weighted by atomic mass is 10.1. The number of nitrogens with one attached hydrogen (secondary N) is 1. The standard InChI is InChI=1S/C16H22N2O4S/c1-10(2)22-16(20)12-3-5-18-11(9-23-15(12)18)7-13(19)14-8-17-4-6-21-14/h7,10,14,17H,3-6,8-9H2,1-2H3. The van der Waals surface area contributed by atoms with E-state index in [9.17, 15) is 9.59 Å². The minimum atomic E-state index is -0.401. The quantitative estimate of drug-likeness (QED) is 0.607. The zero-order chi connectivity index (χ0) is 16.4. The summed E-state index contributed by atoms with van der Waals surface area (Å²) in [6.45, 7) is 6.34. The molecular formula is C16H22N2O4S. The van der Waals surface area contributed by atoms with Crippen LogP contribution in [0.2, 0.25) is 0 Å². The number of hydrogen-bond donors (Lipinski definition) is 1. The second-order valence-corrected chi connectivity index (χ2v) is 6.99. The Bertz CT molecular complexity index is 564. The van der Waals surface area contributed by atoms with Crippen LogP contribution in [0.25, 0.3) is 0 Å². The number of nitrogens with zero attached hydrogens (tertiary/aromatic N) is 1. The number of carbonyl (C=O) groups is 2. The molecule has 7 heteroatoms. The number of thioether (sulfide) groups is 1. The number of ketones is 1. The van der Waals surface area contributed by atoms with Crippen LogP contribution in [0.5, 0.6) is 0 Å². The van der Waals surface area contributed by atoms with Gasteiger partial charge in [-0.1, -0.05) is 0 Å². The largest absolute Gasteiger partial charge is 0.460 e. The molecule has 3 heterocycles. The minimum Gasteiger partial charge on any atom is -0.460 e. The molecule has 0 aromatic heterocycles. The van der Waals surface area contributed by atoms with Crippen LogP contribution in [0, 0.1) is 0 Å². The summed E-state index contributed by atoms with van der Waals surface area (Å²) in [5, 5.41) is 4.10. The van der Waals surface area contributed by atoms with E-state index in [0.29, 0.717) is 25.3 Å². The lowest BCUT2D eigenvalue weighted by Crippen LogP contribution is -2.42. The van der Waals surface area contributed by atoms with E-state index in [0.717, 1.165) is 29.4 Å². The fourth-order valence-electron chi connectivity index (χ4n) is 2.85. The maximum Gasteiger partial charge on any atom is 0.336 e. The molecule has 0 amide bonds. The first-order valence-electron chi connectivity index (χ1n) is 7.97. The van der Waals surface area contributed by atoms with Crippen LogP contribution in [0.3, 0.4) is 0 Å². The van der Waals surface area contributed by atoms with Crippen LogP contribution in [-0.2, 0) is 19.1 Å². The monoisotopic (exact) mass is 338 g/mol. The number of carbonyl (C=O) groups excluding carboxylic acids is 2. The summed E-state index contributed by atoms with van der Waals surface area (Å²) in [6.07, 6.45) is 1.82. The van der Waals surface area contributed by atoms with Gasteiger partial charge in [0.2, 0.25) is 0 Å². The summed E-state index contributed by atoms with van der Waals surface area (Å²) in [5.41, 5.74) is 1.69. The SMILES string of the molecule is CC(C)OC(=O)C1=C2SCC(=CC(=O)C3CNCCO3)N2CC1. The van der Waals surface area contributed by atoms with Gasteiger partial charge in [-0.05, 0) is 13.8 Å². The van der Waals surface area contributed by atoms with Gasteiger partial charge in [0.15, 0.2) is 5.78 Å². The maximum atomic E-state index is 12.3. The molecule has 1 unspecified atom stereocenters. The van der Waals surface area contributed by atoms with Crippen LogP contribution in [0.15, 0.2) is 22.4 Å². The van der Waals surface area contributed by atoms with Crippen molar-refractivity contribution in [3.05, 3.63) is 22.4 Å². The van der Waals surface area contributed by atoms with Crippen molar-refractivity contribution >= 4 is 23.5 Å². The van der Waals surface area contributed by atoms with Crippen LogP contribution in [-0.4, -0.2) is 60.9 Å². The highest BCUT2D eigenvalue weighted by molar-refractivity contribution is 8.03. The average Bonchev–Trinajstić information content (AvgIpc) is 3.10. The summed E-state index contributed by atoms with van der Waals surface area (Å²) in [7, 11) is 0. The fourth-order valence-corrected chi connectivity index (χ4v) is 4.10. The number of rotatable bonds is 4. The molecule has 0 aliphatic carbocycles. The third-order valence-corrected chi connectivity index (χ3v) is 5.12. The predicted molar refractivity (Wildman–Crippen MR) is 87.7 cm³/mol. The van der Waals surface area contributed by atoms with Gasteiger partial charge in [-0.15, -0.1) is 11.8 Å². The Morgan fingerprint density at radius 2 is 2.30 bits per heavy atom. The molecule has 3 aliphatic rings. The topological polar surface area (TPSA) is 67.9 Å². The van der Waals surface area contributed by atoms with Crippen molar-refractivity contribution in [2.75, 3.05) is 32.0 Å². The molecule has 2 fully saturated rings. The van der Waals surface area contributed by atoms with Crippen LogP contribution in [0.1, 0.15) is 20.3 Å². The molecule has 6 nitrogen and oxygen atoms in total. The van der Waals surface area contributed by atoms with E-state index in [-0.39, 0.29) is 17.9 Å². The first-order chi connectivity index (χ1) is 11.1. The van der Waals surface area contributed by atoms with Crippen molar-refractivity contribution < 1.29 is 19.1 Å². The van der Waals surface area contributed by atoms with Crippen molar-refractivity contribution in [1.29, 1.82) is 0 Å². The van der Waals surface area contributed by atoms with Crippen molar-refractivity contribution in [1.82, 2.24) is 10.2 Å². The first-order valence-corrected chi connectivity index (χ1v) is 8.96. The Labute approximate surface area is 140 Å². The normalized spacial score (nSPS) is 26.1. The van der Waals surface area contributed by atoms with Gasteiger partial charge in [-0.25, -0.2) is 4.79 Å². The van der Waals surface area contributed by atoms with Crippen molar-refractivity contribution in [2.24, 2.45) is 0 Å². The van der Waals surface area contributed by atoms with Crippen LogP contribution >= 0.6 is 11.8 Å². The van der Waals surface area contributed by atoms with E-state index in [4.69, 9.17) is 9.47 Å². The minimum absolute atomic E-state index is 0.00717. The van der Waals surface area contributed by atoms with E-state index in [2.05, 4.69) is 10.2 Å². The highest BCUT2D eigenvalue weighted by Gasteiger charge is 2.35. The Morgan fingerprint density at radius 3 is 3.00 bits per heavy atom. The molecule has 23 heavy (non-hydrogen) atoms. The predicted octanol–water partition coefficient (Wildman–Crippen LogP) is 1.04. The Morgan fingerprint density at radius 1 is 1.48 bits per heavy atom. The maximum absolute atomic E-state index is 12.3. The summed E-state index contributed by atoms with van der Waals surface area (Å²) >= 11 is 1.60. The number of esters is 1. The molecule has 2 saturated heterocycles. The molecule has 0 saturated carbocycles. The Balaban J connectivity index is 1.71. The molecule has 3 rings (SSSR count). The second kappa shape index (κ2) is 7.07.